The van der Waals surface area contributed by atoms with Crippen molar-refractivity contribution < 1.29 is 23.5 Å². The summed E-state index contributed by atoms with van der Waals surface area (Å²) >= 11 is 0. The number of hydrogen-bond donors (Lipinski definition) is 2. The van der Waals surface area contributed by atoms with Gasteiger partial charge in [-0.1, -0.05) is 6.07 Å². The first kappa shape index (κ1) is 16.6. The van der Waals surface area contributed by atoms with Gasteiger partial charge in [-0.25, -0.2) is 13.6 Å². The number of hydrogen-bond acceptors (Lipinski definition) is 2. The molecule has 1 aromatic carbocycles. The third-order valence-corrected chi connectivity index (χ3v) is 2.81. The van der Waals surface area contributed by atoms with Gasteiger partial charge in [0.05, 0.1) is 6.42 Å². The number of rotatable bonds is 7. The third-order valence-electron chi connectivity index (χ3n) is 2.81. The standard InChI is InChI=1S/C15H15F2NO3/c1-2-3-4-5-13(15(20)21)18-14(19)8-10-6-7-11(16)9-12(10)17/h1,6-7,9,13H,3-5,8H2,(H,18,19)(H,20,21)/t13-/m0/s1. The summed E-state index contributed by atoms with van der Waals surface area (Å²) < 4.78 is 26.1. The summed E-state index contributed by atoms with van der Waals surface area (Å²) in [4.78, 5) is 22.7. The first-order valence-corrected chi connectivity index (χ1v) is 6.33. The number of carbonyl (C=O) groups is 2. The van der Waals surface area contributed by atoms with E-state index < -0.39 is 29.6 Å². The normalized spacial score (nSPS) is 11.5. The van der Waals surface area contributed by atoms with Crippen LogP contribution in [-0.2, 0) is 16.0 Å². The fourth-order valence-corrected chi connectivity index (χ4v) is 1.75. The number of amides is 1. The minimum atomic E-state index is -1.18. The summed E-state index contributed by atoms with van der Waals surface area (Å²) in [7, 11) is 0. The van der Waals surface area contributed by atoms with E-state index in [4.69, 9.17) is 11.5 Å². The largest absolute Gasteiger partial charge is 0.480 e. The predicted octanol–water partition coefficient (Wildman–Crippen LogP) is 1.88. The molecule has 0 aromatic heterocycles. The molecule has 0 aliphatic carbocycles. The number of carboxylic acid groups (broad SMARTS) is 1. The second kappa shape index (κ2) is 8.00. The highest BCUT2D eigenvalue weighted by Gasteiger charge is 2.20. The molecule has 0 aliphatic heterocycles. The van der Waals surface area contributed by atoms with Crippen LogP contribution in [0.15, 0.2) is 18.2 Å². The minimum Gasteiger partial charge on any atom is -0.480 e. The van der Waals surface area contributed by atoms with Gasteiger partial charge < -0.3 is 10.4 Å². The molecule has 0 saturated heterocycles. The summed E-state index contributed by atoms with van der Waals surface area (Å²) in [5.74, 6) is -1.03. The predicted molar refractivity (Wildman–Crippen MR) is 72.3 cm³/mol. The van der Waals surface area contributed by atoms with Crippen LogP contribution in [0, 0.1) is 24.0 Å². The lowest BCUT2D eigenvalue weighted by Crippen LogP contribution is -2.41. The number of halogens is 2. The van der Waals surface area contributed by atoms with Gasteiger partial charge >= 0.3 is 5.97 Å². The van der Waals surface area contributed by atoms with Crippen LogP contribution in [0.4, 0.5) is 8.78 Å². The molecule has 4 nitrogen and oxygen atoms in total. The van der Waals surface area contributed by atoms with Gasteiger partial charge in [0.25, 0.3) is 0 Å². The van der Waals surface area contributed by atoms with E-state index >= 15 is 0 Å². The summed E-state index contributed by atoms with van der Waals surface area (Å²) in [6.45, 7) is 0. The Hall–Kier alpha value is -2.42. The van der Waals surface area contributed by atoms with E-state index in [1.54, 1.807) is 0 Å². The first-order valence-electron chi connectivity index (χ1n) is 6.33. The number of terminal acetylenes is 1. The maximum atomic E-state index is 13.4. The first-order chi connectivity index (χ1) is 9.93. The van der Waals surface area contributed by atoms with Crippen LogP contribution in [0.2, 0.25) is 0 Å². The summed E-state index contributed by atoms with van der Waals surface area (Å²) in [6.07, 6.45) is 5.77. The van der Waals surface area contributed by atoms with Crippen molar-refractivity contribution in [1.29, 1.82) is 0 Å². The molecule has 0 heterocycles. The van der Waals surface area contributed by atoms with Gasteiger partial charge in [0.15, 0.2) is 0 Å². The van der Waals surface area contributed by atoms with Gasteiger partial charge in [0.1, 0.15) is 17.7 Å². The lowest BCUT2D eigenvalue weighted by molar-refractivity contribution is -0.141. The molecule has 0 aliphatic rings. The zero-order valence-electron chi connectivity index (χ0n) is 11.2. The molecule has 1 atom stereocenters. The van der Waals surface area contributed by atoms with Crippen molar-refractivity contribution >= 4 is 11.9 Å². The van der Waals surface area contributed by atoms with Crippen molar-refractivity contribution in [2.45, 2.75) is 31.7 Å². The molecule has 0 unspecified atom stereocenters. The molecule has 0 bridgehead atoms. The van der Waals surface area contributed by atoms with E-state index in [0.717, 1.165) is 12.1 Å². The van der Waals surface area contributed by atoms with Gasteiger partial charge in [0.2, 0.25) is 5.91 Å². The average molecular weight is 295 g/mol. The Bertz CT molecular complexity index is 567. The lowest BCUT2D eigenvalue weighted by Gasteiger charge is -2.14. The third kappa shape index (κ3) is 5.61. The van der Waals surface area contributed by atoms with Crippen LogP contribution in [0.5, 0.6) is 0 Å². The second-order valence-electron chi connectivity index (χ2n) is 4.47. The van der Waals surface area contributed by atoms with E-state index in [2.05, 4.69) is 11.2 Å². The summed E-state index contributed by atoms with van der Waals surface area (Å²) in [5.41, 5.74) is 0.00154. The molecule has 1 rings (SSSR count). The summed E-state index contributed by atoms with van der Waals surface area (Å²) in [5, 5.41) is 11.3. The monoisotopic (exact) mass is 295 g/mol. The Kier molecular flexibility index (Phi) is 6.34. The van der Waals surface area contributed by atoms with Gasteiger partial charge in [0, 0.05) is 12.5 Å². The second-order valence-corrected chi connectivity index (χ2v) is 4.47. The van der Waals surface area contributed by atoms with Crippen molar-refractivity contribution in [3.63, 3.8) is 0 Å². The number of carbonyl (C=O) groups excluding carboxylic acids is 1. The Balaban J connectivity index is 2.61. The molecule has 112 valence electrons. The Morgan fingerprint density at radius 1 is 1.38 bits per heavy atom. The lowest BCUT2D eigenvalue weighted by atomic mass is 10.1. The number of aliphatic carboxylic acids is 1. The Morgan fingerprint density at radius 2 is 2.10 bits per heavy atom. The quantitative estimate of drug-likeness (QED) is 0.596. The molecule has 21 heavy (non-hydrogen) atoms. The van der Waals surface area contributed by atoms with Crippen molar-refractivity contribution in [3.05, 3.63) is 35.4 Å². The molecule has 1 amide bonds. The fraction of sp³-hybridized carbons (Fsp3) is 0.333. The van der Waals surface area contributed by atoms with E-state index in [9.17, 15) is 18.4 Å². The Labute approximate surface area is 121 Å². The minimum absolute atomic E-state index is 0.00154. The van der Waals surface area contributed by atoms with Crippen LogP contribution in [-0.4, -0.2) is 23.0 Å². The average Bonchev–Trinajstić information content (AvgIpc) is 2.41. The van der Waals surface area contributed by atoms with Gasteiger partial charge in [-0.2, -0.15) is 0 Å². The molecule has 2 N–H and O–H groups in total. The highest BCUT2D eigenvalue weighted by molar-refractivity contribution is 5.84. The zero-order chi connectivity index (χ0) is 15.8. The van der Waals surface area contributed by atoms with Crippen LogP contribution in [0.1, 0.15) is 24.8 Å². The topological polar surface area (TPSA) is 66.4 Å². The Morgan fingerprint density at radius 3 is 2.67 bits per heavy atom. The van der Waals surface area contributed by atoms with Crippen molar-refractivity contribution in [2.24, 2.45) is 0 Å². The molecular formula is C15H15F2NO3. The van der Waals surface area contributed by atoms with E-state index in [1.165, 1.54) is 0 Å². The maximum absolute atomic E-state index is 13.4. The van der Waals surface area contributed by atoms with E-state index in [-0.39, 0.29) is 18.4 Å². The SMILES string of the molecule is C#CCCC[C@H](NC(=O)Cc1ccc(F)cc1F)C(=O)O. The molecule has 0 radical (unpaired) electrons. The number of carboxylic acids is 1. The molecular weight excluding hydrogens is 280 g/mol. The fourth-order valence-electron chi connectivity index (χ4n) is 1.75. The maximum Gasteiger partial charge on any atom is 0.326 e. The molecule has 0 spiro atoms. The number of nitrogens with one attached hydrogen (secondary N) is 1. The summed E-state index contributed by atoms with van der Waals surface area (Å²) in [6, 6.07) is 1.78. The van der Waals surface area contributed by atoms with Crippen LogP contribution < -0.4 is 5.32 Å². The molecule has 0 fully saturated rings. The van der Waals surface area contributed by atoms with Crippen LogP contribution in [0.25, 0.3) is 0 Å². The van der Waals surface area contributed by atoms with E-state index in [1.807, 2.05) is 0 Å². The van der Waals surface area contributed by atoms with Crippen molar-refractivity contribution in [2.75, 3.05) is 0 Å². The van der Waals surface area contributed by atoms with Gasteiger partial charge in [-0.15, -0.1) is 12.3 Å². The number of unbranched alkanes of at least 4 members (excludes halogenated alkanes) is 1. The van der Waals surface area contributed by atoms with Crippen molar-refractivity contribution in [1.82, 2.24) is 5.32 Å². The van der Waals surface area contributed by atoms with Crippen LogP contribution >= 0.6 is 0 Å². The number of benzene rings is 1. The molecule has 1 aromatic rings. The molecule has 0 saturated carbocycles. The smallest absolute Gasteiger partial charge is 0.326 e. The van der Waals surface area contributed by atoms with Crippen LogP contribution in [0.3, 0.4) is 0 Å². The highest BCUT2D eigenvalue weighted by Crippen LogP contribution is 2.10. The van der Waals surface area contributed by atoms with Gasteiger partial charge in [-0.05, 0) is 24.5 Å². The molecule has 6 heteroatoms. The van der Waals surface area contributed by atoms with E-state index in [0.29, 0.717) is 18.9 Å². The van der Waals surface area contributed by atoms with Gasteiger partial charge in [-0.3, -0.25) is 4.79 Å². The van der Waals surface area contributed by atoms with Crippen molar-refractivity contribution in [3.8, 4) is 12.3 Å². The zero-order valence-corrected chi connectivity index (χ0v) is 11.2. The highest BCUT2D eigenvalue weighted by atomic mass is 19.1.